The van der Waals surface area contributed by atoms with Crippen molar-refractivity contribution in [2.45, 2.75) is 56.0 Å². The number of hydrazine groups is 1. The van der Waals surface area contributed by atoms with Crippen LogP contribution in [0, 0.1) is 11.8 Å². The highest BCUT2D eigenvalue weighted by Crippen LogP contribution is 2.49. The number of nitrogens with one attached hydrogen (secondary N) is 4. The van der Waals surface area contributed by atoms with Crippen molar-refractivity contribution in [2.75, 3.05) is 20.2 Å². The molecule has 30 heavy (non-hydrogen) atoms. The Morgan fingerprint density at radius 3 is 2.87 bits per heavy atom. The number of methoxy groups -OCH3 is 1. The fourth-order valence-corrected chi connectivity index (χ4v) is 6.27. The van der Waals surface area contributed by atoms with Crippen molar-refractivity contribution in [3.05, 3.63) is 23.8 Å². The normalized spacial score (nSPS) is 38.2. The topological polar surface area (TPSA) is 118 Å². The maximum atomic E-state index is 11.7. The third-order valence-electron chi connectivity index (χ3n) is 7.54. The summed E-state index contributed by atoms with van der Waals surface area (Å²) in [7, 11) is 1.37. The number of carbonyl (C=O) groups is 1. The molecule has 4 aliphatic rings. The zero-order valence-electron chi connectivity index (χ0n) is 17.2. The van der Waals surface area contributed by atoms with Crippen molar-refractivity contribution >= 4 is 6.09 Å². The number of fused-ring (bicyclic) bond motifs is 2. The summed E-state index contributed by atoms with van der Waals surface area (Å²) >= 11 is 0. The zero-order valence-corrected chi connectivity index (χ0v) is 17.2. The number of amides is 1. The van der Waals surface area contributed by atoms with Gasteiger partial charge in [0.1, 0.15) is 17.8 Å². The molecular formula is C21H31N5O4. The Kier molecular flexibility index (Phi) is 5.22. The lowest BCUT2D eigenvalue weighted by Crippen LogP contribution is -2.72. The van der Waals surface area contributed by atoms with Crippen LogP contribution >= 0.6 is 0 Å². The Labute approximate surface area is 176 Å². The number of hydrogen-bond donors (Lipinski definition) is 6. The molecule has 1 aliphatic carbocycles. The number of hydrogen-bond acceptors (Lipinski definition) is 8. The molecule has 0 bridgehead atoms. The van der Waals surface area contributed by atoms with Crippen molar-refractivity contribution < 1.29 is 19.7 Å². The SMILES string of the molecule is COC(=O)NC1NCC2CCC3CNC4C(c5cc(O)ccc5O)CCC(C34)N2N1. The molecule has 1 saturated carbocycles. The summed E-state index contributed by atoms with van der Waals surface area (Å²) in [4.78, 5) is 11.7. The van der Waals surface area contributed by atoms with Crippen molar-refractivity contribution in [1.82, 2.24) is 26.4 Å². The van der Waals surface area contributed by atoms with Gasteiger partial charge in [-0.15, -0.1) is 0 Å². The number of aromatic hydroxyl groups is 2. The van der Waals surface area contributed by atoms with Gasteiger partial charge in [0.25, 0.3) is 0 Å². The molecule has 3 heterocycles. The third-order valence-corrected chi connectivity index (χ3v) is 7.54. The van der Waals surface area contributed by atoms with E-state index < -0.39 is 6.09 Å². The summed E-state index contributed by atoms with van der Waals surface area (Å²) in [5, 5.41) is 32.7. The van der Waals surface area contributed by atoms with E-state index in [1.54, 1.807) is 12.1 Å². The van der Waals surface area contributed by atoms with Crippen LogP contribution in [0.5, 0.6) is 11.5 Å². The van der Waals surface area contributed by atoms with Crippen LogP contribution in [0.4, 0.5) is 4.79 Å². The fourth-order valence-electron chi connectivity index (χ4n) is 6.27. The molecule has 0 radical (unpaired) electrons. The molecule has 9 heteroatoms. The van der Waals surface area contributed by atoms with Crippen LogP contribution < -0.4 is 21.4 Å². The van der Waals surface area contributed by atoms with E-state index in [1.807, 2.05) is 0 Å². The molecule has 7 unspecified atom stereocenters. The minimum Gasteiger partial charge on any atom is -0.508 e. The second-order valence-corrected chi connectivity index (χ2v) is 9.01. The van der Waals surface area contributed by atoms with E-state index in [-0.39, 0.29) is 29.7 Å². The quantitative estimate of drug-likeness (QED) is 0.391. The number of rotatable bonds is 2. The summed E-state index contributed by atoms with van der Waals surface area (Å²) in [6.07, 6.45) is 3.35. The number of phenols is 2. The smallest absolute Gasteiger partial charge is 0.409 e. The maximum absolute atomic E-state index is 11.7. The minimum atomic E-state index is -0.463. The van der Waals surface area contributed by atoms with Crippen molar-refractivity contribution in [3.63, 3.8) is 0 Å². The van der Waals surface area contributed by atoms with Gasteiger partial charge in [-0.05, 0) is 62.3 Å². The molecule has 7 atom stereocenters. The molecule has 9 nitrogen and oxygen atoms in total. The van der Waals surface area contributed by atoms with E-state index in [0.717, 1.165) is 44.3 Å². The van der Waals surface area contributed by atoms with Gasteiger partial charge in [-0.3, -0.25) is 10.6 Å². The lowest BCUT2D eigenvalue weighted by Gasteiger charge is -2.50. The summed E-state index contributed by atoms with van der Waals surface area (Å²) in [5.41, 5.74) is 4.34. The van der Waals surface area contributed by atoms with Gasteiger partial charge in [0.2, 0.25) is 0 Å². The Hall–Kier alpha value is -2.07. The van der Waals surface area contributed by atoms with E-state index >= 15 is 0 Å². The van der Waals surface area contributed by atoms with Crippen LogP contribution in [-0.4, -0.2) is 65.9 Å². The summed E-state index contributed by atoms with van der Waals surface area (Å²) in [5.74, 6) is 1.66. The first-order valence-electron chi connectivity index (χ1n) is 10.9. The molecular weight excluding hydrogens is 386 g/mol. The van der Waals surface area contributed by atoms with Crippen molar-refractivity contribution in [2.24, 2.45) is 11.8 Å². The first kappa shape index (κ1) is 19.9. The number of carbonyl (C=O) groups excluding carboxylic acids is 1. The zero-order chi connectivity index (χ0) is 20.8. The van der Waals surface area contributed by atoms with Crippen LogP contribution in [0.25, 0.3) is 0 Å². The minimum absolute atomic E-state index is 0.173. The molecule has 1 amide bonds. The molecule has 3 aliphatic heterocycles. The molecule has 164 valence electrons. The molecule has 3 saturated heterocycles. The predicted molar refractivity (Wildman–Crippen MR) is 110 cm³/mol. The number of phenolic OH excluding ortho intramolecular Hbond substituents is 2. The van der Waals surface area contributed by atoms with E-state index in [0.29, 0.717) is 23.9 Å². The number of ether oxygens (including phenoxy) is 1. The predicted octanol–water partition coefficient (Wildman–Crippen LogP) is 0.760. The van der Waals surface area contributed by atoms with Crippen LogP contribution in [-0.2, 0) is 4.74 Å². The molecule has 4 fully saturated rings. The molecule has 1 aromatic rings. The molecule has 1 aromatic carbocycles. The van der Waals surface area contributed by atoms with Gasteiger partial charge in [0.15, 0.2) is 0 Å². The standard InChI is InChI=1S/C21H31N5O4/c1-30-21(29)24-20-23-10-12-3-2-11-9-22-19-14(15-8-13(27)4-7-17(15)28)5-6-16(18(11)19)26(12)25-20/h4,7-8,11-12,14,16,18-20,22-23,25,27-28H,2-3,5-6,9-10H2,1H3,(H,24,29). The number of alkyl carbamates (subject to hydrolysis) is 1. The number of benzene rings is 1. The Morgan fingerprint density at radius 2 is 2.03 bits per heavy atom. The van der Waals surface area contributed by atoms with Gasteiger partial charge < -0.3 is 20.3 Å². The highest BCUT2D eigenvalue weighted by atomic mass is 16.5. The number of nitrogens with zero attached hydrogens (tertiary/aromatic N) is 1. The Balaban J connectivity index is 1.40. The molecule has 6 N–H and O–H groups in total. The summed E-state index contributed by atoms with van der Waals surface area (Å²) < 4.78 is 4.75. The monoisotopic (exact) mass is 417 g/mol. The van der Waals surface area contributed by atoms with Crippen molar-refractivity contribution in [3.8, 4) is 11.5 Å². The van der Waals surface area contributed by atoms with Crippen LogP contribution in [0.15, 0.2) is 18.2 Å². The van der Waals surface area contributed by atoms with Gasteiger partial charge >= 0.3 is 6.09 Å². The Bertz CT molecular complexity index is 808. The van der Waals surface area contributed by atoms with Crippen LogP contribution in [0.1, 0.15) is 37.2 Å². The largest absolute Gasteiger partial charge is 0.508 e. The highest BCUT2D eigenvalue weighted by Gasteiger charge is 2.53. The lowest BCUT2D eigenvalue weighted by atomic mass is 9.68. The second-order valence-electron chi connectivity index (χ2n) is 9.01. The Morgan fingerprint density at radius 1 is 1.17 bits per heavy atom. The first-order chi connectivity index (χ1) is 14.5. The van der Waals surface area contributed by atoms with Gasteiger partial charge in [0.05, 0.1) is 7.11 Å². The average Bonchev–Trinajstić information content (AvgIpc) is 3.11. The van der Waals surface area contributed by atoms with Crippen LogP contribution in [0.2, 0.25) is 0 Å². The maximum Gasteiger partial charge on any atom is 0.409 e. The summed E-state index contributed by atoms with van der Waals surface area (Å²) in [6, 6.07) is 5.82. The van der Waals surface area contributed by atoms with E-state index in [1.165, 1.54) is 13.2 Å². The van der Waals surface area contributed by atoms with E-state index in [9.17, 15) is 15.0 Å². The van der Waals surface area contributed by atoms with Crippen LogP contribution in [0.3, 0.4) is 0 Å². The molecule has 0 spiro atoms. The highest BCUT2D eigenvalue weighted by molar-refractivity contribution is 5.67. The van der Waals surface area contributed by atoms with Crippen molar-refractivity contribution in [1.29, 1.82) is 0 Å². The molecule has 0 aromatic heterocycles. The van der Waals surface area contributed by atoms with Gasteiger partial charge in [-0.2, -0.15) is 0 Å². The fraction of sp³-hybridized carbons (Fsp3) is 0.667. The van der Waals surface area contributed by atoms with Gasteiger partial charge in [-0.25, -0.2) is 15.2 Å². The van der Waals surface area contributed by atoms with E-state index in [4.69, 9.17) is 4.74 Å². The second kappa shape index (κ2) is 7.88. The lowest BCUT2D eigenvalue weighted by molar-refractivity contribution is -0.0347. The summed E-state index contributed by atoms with van der Waals surface area (Å²) in [6.45, 7) is 1.80. The average molecular weight is 418 g/mol. The van der Waals surface area contributed by atoms with E-state index in [2.05, 4.69) is 26.4 Å². The first-order valence-corrected chi connectivity index (χ1v) is 10.9. The van der Waals surface area contributed by atoms with Gasteiger partial charge in [0, 0.05) is 36.2 Å². The van der Waals surface area contributed by atoms with Gasteiger partial charge in [-0.1, -0.05) is 0 Å². The third kappa shape index (κ3) is 3.39. The molecule has 5 rings (SSSR count).